The summed E-state index contributed by atoms with van der Waals surface area (Å²) < 4.78 is 0. The van der Waals surface area contributed by atoms with E-state index in [0.717, 1.165) is 31.7 Å². The van der Waals surface area contributed by atoms with Crippen molar-refractivity contribution in [3.8, 4) is 5.75 Å². The quantitative estimate of drug-likeness (QED) is 0.876. The third-order valence-electron chi connectivity index (χ3n) is 3.75. The molecule has 0 spiro atoms. The standard InChI is InChI=1S/C14H22ClN3O/c1-17-6-7-18(2)12(10-17)9-16-8-11-4-3-5-13(15)14(11)19/h3-5,12,16,19H,6-10H2,1-2H3. The molecular weight excluding hydrogens is 262 g/mol. The molecule has 5 heteroatoms. The topological polar surface area (TPSA) is 38.7 Å². The maximum absolute atomic E-state index is 9.84. The van der Waals surface area contributed by atoms with Crippen molar-refractivity contribution < 1.29 is 5.11 Å². The van der Waals surface area contributed by atoms with Gasteiger partial charge in [0.25, 0.3) is 0 Å². The third kappa shape index (κ3) is 3.83. The number of nitrogens with zero attached hydrogens (tertiary/aromatic N) is 2. The van der Waals surface area contributed by atoms with Gasteiger partial charge in [0.15, 0.2) is 0 Å². The van der Waals surface area contributed by atoms with E-state index in [2.05, 4.69) is 29.2 Å². The van der Waals surface area contributed by atoms with Crippen molar-refractivity contribution in [3.63, 3.8) is 0 Å². The van der Waals surface area contributed by atoms with E-state index in [4.69, 9.17) is 11.6 Å². The molecule has 1 fully saturated rings. The van der Waals surface area contributed by atoms with Gasteiger partial charge in [-0.25, -0.2) is 0 Å². The van der Waals surface area contributed by atoms with Crippen molar-refractivity contribution >= 4 is 11.6 Å². The Balaban J connectivity index is 1.84. The van der Waals surface area contributed by atoms with Gasteiger partial charge < -0.3 is 15.3 Å². The van der Waals surface area contributed by atoms with Gasteiger partial charge >= 0.3 is 0 Å². The van der Waals surface area contributed by atoms with Crippen molar-refractivity contribution in [1.29, 1.82) is 0 Å². The molecule has 2 N–H and O–H groups in total. The Hall–Kier alpha value is -0.810. The molecule has 1 unspecified atom stereocenters. The zero-order chi connectivity index (χ0) is 13.8. The zero-order valence-corrected chi connectivity index (χ0v) is 12.3. The largest absolute Gasteiger partial charge is 0.506 e. The van der Waals surface area contributed by atoms with E-state index >= 15 is 0 Å². The van der Waals surface area contributed by atoms with Crippen LogP contribution < -0.4 is 5.32 Å². The zero-order valence-electron chi connectivity index (χ0n) is 11.6. The molecule has 4 nitrogen and oxygen atoms in total. The van der Waals surface area contributed by atoms with E-state index in [-0.39, 0.29) is 5.75 Å². The number of nitrogens with one attached hydrogen (secondary N) is 1. The average molecular weight is 284 g/mol. The molecule has 106 valence electrons. The molecule has 1 heterocycles. The Morgan fingerprint density at radius 2 is 2.16 bits per heavy atom. The van der Waals surface area contributed by atoms with Gasteiger partial charge in [-0.2, -0.15) is 0 Å². The summed E-state index contributed by atoms with van der Waals surface area (Å²) in [6.45, 7) is 4.85. The van der Waals surface area contributed by atoms with Crippen LogP contribution in [0.1, 0.15) is 5.56 Å². The number of hydrogen-bond donors (Lipinski definition) is 2. The second-order valence-corrected chi connectivity index (χ2v) is 5.68. The van der Waals surface area contributed by atoms with Gasteiger partial charge in [-0.05, 0) is 20.2 Å². The maximum Gasteiger partial charge on any atom is 0.138 e. The lowest BCUT2D eigenvalue weighted by Gasteiger charge is -2.37. The van der Waals surface area contributed by atoms with Gasteiger partial charge in [0.1, 0.15) is 5.75 Å². The number of piperazine rings is 1. The Morgan fingerprint density at radius 1 is 1.37 bits per heavy atom. The van der Waals surface area contributed by atoms with Crippen molar-refractivity contribution in [2.24, 2.45) is 0 Å². The Morgan fingerprint density at radius 3 is 2.95 bits per heavy atom. The van der Waals surface area contributed by atoms with Crippen LogP contribution in [0.5, 0.6) is 5.75 Å². The first-order valence-corrected chi connectivity index (χ1v) is 7.01. The van der Waals surface area contributed by atoms with Crippen LogP contribution in [0.4, 0.5) is 0 Å². The summed E-state index contributed by atoms with van der Waals surface area (Å²) in [6.07, 6.45) is 0. The molecule has 2 rings (SSSR count). The maximum atomic E-state index is 9.84. The van der Waals surface area contributed by atoms with E-state index in [9.17, 15) is 5.11 Å². The highest BCUT2D eigenvalue weighted by Crippen LogP contribution is 2.26. The van der Waals surface area contributed by atoms with E-state index in [0.29, 0.717) is 17.6 Å². The number of rotatable bonds is 4. The molecule has 1 aliphatic heterocycles. The number of aromatic hydroxyl groups is 1. The van der Waals surface area contributed by atoms with E-state index in [1.165, 1.54) is 0 Å². The van der Waals surface area contributed by atoms with Crippen LogP contribution >= 0.6 is 11.6 Å². The van der Waals surface area contributed by atoms with Crippen molar-refractivity contribution in [2.45, 2.75) is 12.6 Å². The molecule has 19 heavy (non-hydrogen) atoms. The molecule has 1 aliphatic rings. The number of halogens is 1. The fraction of sp³-hybridized carbons (Fsp3) is 0.571. The van der Waals surface area contributed by atoms with Crippen LogP contribution in [0.2, 0.25) is 5.02 Å². The van der Waals surface area contributed by atoms with Gasteiger partial charge in [-0.15, -0.1) is 0 Å². The summed E-state index contributed by atoms with van der Waals surface area (Å²) in [6, 6.07) is 5.97. The minimum Gasteiger partial charge on any atom is -0.506 e. The van der Waals surface area contributed by atoms with Crippen LogP contribution in [0, 0.1) is 0 Å². The average Bonchev–Trinajstić information content (AvgIpc) is 2.38. The molecule has 0 amide bonds. The van der Waals surface area contributed by atoms with E-state index in [1.54, 1.807) is 6.07 Å². The highest BCUT2D eigenvalue weighted by atomic mass is 35.5. The van der Waals surface area contributed by atoms with Gasteiger partial charge in [-0.1, -0.05) is 23.7 Å². The van der Waals surface area contributed by atoms with Crippen molar-refractivity contribution in [3.05, 3.63) is 28.8 Å². The summed E-state index contributed by atoms with van der Waals surface area (Å²) in [5.74, 6) is 0.186. The van der Waals surface area contributed by atoms with Gasteiger partial charge in [0, 0.05) is 44.3 Å². The lowest BCUT2D eigenvalue weighted by Crippen LogP contribution is -2.53. The molecule has 0 bridgehead atoms. The molecule has 0 aromatic heterocycles. The third-order valence-corrected chi connectivity index (χ3v) is 4.05. The molecule has 1 aromatic carbocycles. The first-order valence-electron chi connectivity index (χ1n) is 6.64. The predicted octanol–water partition coefficient (Wildman–Crippen LogP) is 1.38. The molecule has 0 saturated carbocycles. The van der Waals surface area contributed by atoms with Crippen LogP contribution in [0.25, 0.3) is 0 Å². The Labute approximate surface area is 120 Å². The molecule has 1 atom stereocenters. The number of likely N-dealkylation sites (N-methyl/N-ethyl adjacent to an activating group) is 2. The number of hydrogen-bond acceptors (Lipinski definition) is 4. The predicted molar refractivity (Wildman–Crippen MR) is 78.7 cm³/mol. The molecule has 1 aromatic rings. The fourth-order valence-electron chi connectivity index (χ4n) is 2.40. The SMILES string of the molecule is CN1CCN(C)C(CNCc2cccc(Cl)c2O)C1. The smallest absolute Gasteiger partial charge is 0.138 e. The lowest BCUT2D eigenvalue weighted by atomic mass is 10.1. The fourth-order valence-corrected chi connectivity index (χ4v) is 2.59. The summed E-state index contributed by atoms with van der Waals surface area (Å²) >= 11 is 5.89. The van der Waals surface area contributed by atoms with E-state index < -0.39 is 0 Å². The number of para-hydroxylation sites is 1. The van der Waals surface area contributed by atoms with Gasteiger partial charge in [0.05, 0.1) is 5.02 Å². The first kappa shape index (κ1) is 14.6. The summed E-state index contributed by atoms with van der Waals surface area (Å²) in [7, 11) is 4.32. The van der Waals surface area contributed by atoms with Crippen LogP contribution in [-0.2, 0) is 6.54 Å². The summed E-state index contributed by atoms with van der Waals surface area (Å²) in [4.78, 5) is 4.73. The van der Waals surface area contributed by atoms with Crippen molar-refractivity contribution in [2.75, 3.05) is 40.3 Å². The normalized spacial score (nSPS) is 21.7. The van der Waals surface area contributed by atoms with Gasteiger partial charge in [-0.3, -0.25) is 4.90 Å². The minimum absolute atomic E-state index is 0.186. The number of benzene rings is 1. The first-order chi connectivity index (χ1) is 9.08. The van der Waals surface area contributed by atoms with Crippen LogP contribution in [0.3, 0.4) is 0 Å². The highest BCUT2D eigenvalue weighted by Gasteiger charge is 2.21. The molecule has 1 saturated heterocycles. The number of phenols is 1. The second-order valence-electron chi connectivity index (χ2n) is 5.28. The Kier molecular flexibility index (Phi) is 5.05. The minimum atomic E-state index is 0.186. The van der Waals surface area contributed by atoms with Crippen LogP contribution in [0.15, 0.2) is 18.2 Å². The van der Waals surface area contributed by atoms with Gasteiger partial charge in [0.2, 0.25) is 0 Å². The Bertz CT molecular complexity index is 427. The van der Waals surface area contributed by atoms with Crippen LogP contribution in [-0.4, -0.2) is 61.2 Å². The molecular formula is C14H22ClN3O. The second kappa shape index (κ2) is 6.57. The monoisotopic (exact) mass is 283 g/mol. The lowest BCUT2D eigenvalue weighted by molar-refractivity contribution is 0.113. The van der Waals surface area contributed by atoms with E-state index in [1.807, 2.05) is 12.1 Å². The highest BCUT2D eigenvalue weighted by molar-refractivity contribution is 6.32. The summed E-state index contributed by atoms with van der Waals surface area (Å²) in [5, 5.41) is 13.7. The molecule has 0 aliphatic carbocycles. The van der Waals surface area contributed by atoms with Crippen molar-refractivity contribution in [1.82, 2.24) is 15.1 Å². The summed E-state index contributed by atoms with van der Waals surface area (Å²) in [5.41, 5.74) is 0.847. The molecule has 0 radical (unpaired) electrons. The number of phenolic OH excluding ortho intramolecular Hbond substituents is 1.